The van der Waals surface area contributed by atoms with E-state index in [1.807, 2.05) is 11.8 Å². The molecule has 3 nitrogen and oxygen atoms in total. The molecule has 0 aliphatic carbocycles. The molecule has 1 atom stereocenters. The zero-order valence-electron chi connectivity index (χ0n) is 9.41. The van der Waals surface area contributed by atoms with Crippen LogP contribution in [0.1, 0.15) is 16.8 Å². The summed E-state index contributed by atoms with van der Waals surface area (Å²) in [7, 11) is 0. The lowest BCUT2D eigenvalue weighted by Crippen LogP contribution is -2.16. The van der Waals surface area contributed by atoms with E-state index in [-0.39, 0.29) is 5.56 Å². The lowest BCUT2D eigenvalue weighted by Gasteiger charge is -2.12. The summed E-state index contributed by atoms with van der Waals surface area (Å²) in [5, 5.41) is 3.22. The van der Waals surface area contributed by atoms with Crippen LogP contribution in [-0.2, 0) is 0 Å². The molecule has 3 N–H and O–H groups in total. The molecule has 1 heterocycles. The summed E-state index contributed by atoms with van der Waals surface area (Å²) >= 11 is 1.95. The van der Waals surface area contributed by atoms with Gasteiger partial charge in [0.25, 0.3) is 5.91 Å². The van der Waals surface area contributed by atoms with Gasteiger partial charge in [-0.05, 0) is 42.0 Å². The van der Waals surface area contributed by atoms with Crippen molar-refractivity contribution in [1.29, 1.82) is 0 Å². The second kappa shape index (κ2) is 5.40. The molecule has 0 radical (unpaired) electrons. The van der Waals surface area contributed by atoms with E-state index in [2.05, 4.69) is 5.32 Å². The number of rotatable bonds is 4. The Bertz CT molecular complexity index is 419. The maximum atomic E-state index is 13.2. The summed E-state index contributed by atoms with van der Waals surface area (Å²) in [5.74, 6) is 1.73. The lowest BCUT2D eigenvalue weighted by atomic mass is 10.1. The van der Waals surface area contributed by atoms with Gasteiger partial charge in [-0.15, -0.1) is 0 Å². The van der Waals surface area contributed by atoms with Crippen LogP contribution in [0.5, 0.6) is 0 Å². The number of amides is 1. The van der Waals surface area contributed by atoms with Crippen molar-refractivity contribution in [2.24, 2.45) is 11.7 Å². The molecule has 0 saturated carbocycles. The van der Waals surface area contributed by atoms with Gasteiger partial charge in [-0.3, -0.25) is 4.79 Å². The van der Waals surface area contributed by atoms with Gasteiger partial charge in [0, 0.05) is 12.2 Å². The van der Waals surface area contributed by atoms with Crippen molar-refractivity contribution in [1.82, 2.24) is 0 Å². The zero-order chi connectivity index (χ0) is 12.3. The summed E-state index contributed by atoms with van der Waals surface area (Å²) < 4.78 is 13.2. The number of carbonyl (C=O) groups is 1. The number of halogens is 1. The zero-order valence-corrected chi connectivity index (χ0v) is 10.2. The fourth-order valence-electron chi connectivity index (χ4n) is 1.83. The quantitative estimate of drug-likeness (QED) is 0.865. The Kier molecular flexibility index (Phi) is 3.89. The predicted octanol–water partition coefficient (Wildman–Crippen LogP) is 2.09. The molecule has 1 aromatic rings. The first-order valence-corrected chi connectivity index (χ1v) is 6.73. The minimum absolute atomic E-state index is 0.0594. The molecule has 1 saturated heterocycles. The Labute approximate surface area is 104 Å². The summed E-state index contributed by atoms with van der Waals surface area (Å²) in [6.07, 6.45) is 1.21. The van der Waals surface area contributed by atoms with Crippen molar-refractivity contribution in [3.63, 3.8) is 0 Å². The minimum Gasteiger partial charge on any atom is -0.385 e. The molecule has 0 spiro atoms. The standard InChI is InChI=1S/C12H15FN2OS/c13-11-2-1-9(5-10(11)12(14)16)15-6-8-3-4-17-7-8/h1-2,5,8,15H,3-4,6-7H2,(H2,14,16). The van der Waals surface area contributed by atoms with Gasteiger partial charge in [0.1, 0.15) is 5.82 Å². The van der Waals surface area contributed by atoms with Crippen molar-refractivity contribution < 1.29 is 9.18 Å². The molecule has 1 aliphatic heterocycles. The van der Waals surface area contributed by atoms with E-state index in [1.165, 1.54) is 24.3 Å². The highest BCUT2D eigenvalue weighted by atomic mass is 32.2. The summed E-state index contributed by atoms with van der Waals surface area (Å²) in [4.78, 5) is 11.0. The van der Waals surface area contributed by atoms with Gasteiger partial charge in [-0.2, -0.15) is 11.8 Å². The van der Waals surface area contributed by atoms with Crippen LogP contribution in [0.25, 0.3) is 0 Å². The molecular weight excluding hydrogens is 239 g/mol. The molecule has 2 rings (SSSR count). The normalized spacial score (nSPS) is 19.2. The maximum Gasteiger partial charge on any atom is 0.251 e. The Morgan fingerprint density at radius 1 is 1.59 bits per heavy atom. The molecule has 5 heteroatoms. The van der Waals surface area contributed by atoms with Crippen LogP contribution in [0.4, 0.5) is 10.1 Å². The van der Waals surface area contributed by atoms with E-state index in [9.17, 15) is 9.18 Å². The van der Waals surface area contributed by atoms with Crippen LogP contribution < -0.4 is 11.1 Å². The number of carbonyl (C=O) groups excluding carboxylic acids is 1. The fraction of sp³-hybridized carbons (Fsp3) is 0.417. The number of nitrogens with one attached hydrogen (secondary N) is 1. The highest BCUT2D eigenvalue weighted by Crippen LogP contribution is 2.24. The monoisotopic (exact) mass is 254 g/mol. The summed E-state index contributed by atoms with van der Waals surface area (Å²) in [6.45, 7) is 0.858. The molecule has 1 unspecified atom stereocenters. The number of primary amides is 1. The Morgan fingerprint density at radius 2 is 2.41 bits per heavy atom. The predicted molar refractivity (Wildman–Crippen MR) is 68.8 cm³/mol. The highest BCUT2D eigenvalue weighted by Gasteiger charge is 2.15. The minimum atomic E-state index is -0.734. The van der Waals surface area contributed by atoms with Gasteiger partial charge < -0.3 is 11.1 Å². The molecule has 1 fully saturated rings. The van der Waals surface area contributed by atoms with Crippen LogP contribution in [-0.4, -0.2) is 24.0 Å². The summed E-state index contributed by atoms with van der Waals surface area (Å²) in [5.41, 5.74) is 5.78. The van der Waals surface area contributed by atoms with Crippen LogP contribution in [0.2, 0.25) is 0 Å². The topological polar surface area (TPSA) is 55.1 Å². The number of benzene rings is 1. The van der Waals surface area contributed by atoms with Gasteiger partial charge in [0.15, 0.2) is 0 Å². The van der Waals surface area contributed by atoms with Crippen molar-refractivity contribution in [2.45, 2.75) is 6.42 Å². The molecule has 0 bridgehead atoms. The average molecular weight is 254 g/mol. The smallest absolute Gasteiger partial charge is 0.251 e. The van der Waals surface area contributed by atoms with Crippen LogP contribution in [0.3, 0.4) is 0 Å². The van der Waals surface area contributed by atoms with E-state index in [4.69, 9.17) is 5.73 Å². The first-order chi connectivity index (χ1) is 8.16. The SMILES string of the molecule is NC(=O)c1cc(NCC2CCSC2)ccc1F. The third kappa shape index (κ3) is 3.12. The van der Waals surface area contributed by atoms with E-state index >= 15 is 0 Å². The molecule has 1 aliphatic rings. The molecular formula is C12H15FN2OS. The van der Waals surface area contributed by atoms with Crippen molar-refractivity contribution in [2.75, 3.05) is 23.4 Å². The van der Waals surface area contributed by atoms with Crippen LogP contribution >= 0.6 is 11.8 Å². The van der Waals surface area contributed by atoms with Crippen molar-refractivity contribution in [3.8, 4) is 0 Å². The molecule has 17 heavy (non-hydrogen) atoms. The lowest BCUT2D eigenvalue weighted by molar-refractivity contribution is 0.0996. The largest absolute Gasteiger partial charge is 0.385 e. The number of thioether (sulfide) groups is 1. The second-order valence-electron chi connectivity index (χ2n) is 4.17. The number of hydrogen-bond acceptors (Lipinski definition) is 3. The van der Waals surface area contributed by atoms with Crippen LogP contribution in [0, 0.1) is 11.7 Å². The Morgan fingerprint density at radius 3 is 3.06 bits per heavy atom. The van der Waals surface area contributed by atoms with Gasteiger partial charge in [0.2, 0.25) is 0 Å². The Balaban J connectivity index is 2.00. The third-order valence-corrected chi connectivity index (χ3v) is 4.08. The molecule has 1 amide bonds. The first-order valence-electron chi connectivity index (χ1n) is 5.58. The van der Waals surface area contributed by atoms with Crippen molar-refractivity contribution >= 4 is 23.4 Å². The summed E-state index contributed by atoms with van der Waals surface area (Å²) in [6, 6.07) is 4.37. The van der Waals surface area contributed by atoms with E-state index < -0.39 is 11.7 Å². The average Bonchev–Trinajstić information content (AvgIpc) is 2.80. The molecule has 1 aromatic carbocycles. The van der Waals surface area contributed by atoms with Crippen molar-refractivity contribution in [3.05, 3.63) is 29.6 Å². The molecule has 0 aromatic heterocycles. The van der Waals surface area contributed by atoms with Gasteiger partial charge in [0.05, 0.1) is 5.56 Å². The fourth-order valence-corrected chi connectivity index (χ4v) is 3.12. The third-order valence-electron chi connectivity index (χ3n) is 2.85. The molecule has 92 valence electrons. The van der Waals surface area contributed by atoms with E-state index in [1.54, 1.807) is 6.07 Å². The van der Waals surface area contributed by atoms with Gasteiger partial charge in [-0.1, -0.05) is 0 Å². The Hall–Kier alpha value is -1.23. The van der Waals surface area contributed by atoms with Crippen LogP contribution in [0.15, 0.2) is 18.2 Å². The number of anilines is 1. The maximum absolute atomic E-state index is 13.2. The van der Waals surface area contributed by atoms with Gasteiger partial charge >= 0.3 is 0 Å². The van der Waals surface area contributed by atoms with E-state index in [0.29, 0.717) is 5.92 Å². The number of nitrogens with two attached hydrogens (primary N) is 1. The highest BCUT2D eigenvalue weighted by molar-refractivity contribution is 7.99. The van der Waals surface area contributed by atoms with E-state index in [0.717, 1.165) is 18.0 Å². The van der Waals surface area contributed by atoms with Gasteiger partial charge in [-0.25, -0.2) is 4.39 Å². The second-order valence-corrected chi connectivity index (χ2v) is 5.32. The first kappa shape index (κ1) is 12.2. The number of hydrogen-bond donors (Lipinski definition) is 2.